The maximum absolute atomic E-state index is 10.5. The van der Waals surface area contributed by atoms with Crippen LogP contribution in [0.25, 0.3) is 0 Å². The Kier molecular flexibility index (Phi) is 5.28. The van der Waals surface area contributed by atoms with E-state index in [2.05, 4.69) is 9.97 Å². The van der Waals surface area contributed by atoms with Crippen molar-refractivity contribution in [1.29, 1.82) is 0 Å². The van der Waals surface area contributed by atoms with Crippen molar-refractivity contribution in [1.82, 2.24) is 9.97 Å². The predicted octanol–water partition coefficient (Wildman–Crippen LogP) is 1.79. The van der Waals surface area contributed by atoms with E-state index in [9.17, 15) is 14.9 Å². The van der Waals surface area contributed by atoms with Gasteiger partial charge in [0.1, 0.15) is 5.69 Å². The van der Waals surface area contributed by atoms with Gasteiger partial charge in [-0.25, -0.2) is 0 Å². The Balaban J connectivity index is 0.000000200. The monoisotopic (exact) mass is 274 g/mol. The maximum atomic E-state index is 10.5. The fraction of sp³-hybridized carbons (Fsp3) is 0.154. The summed E-state index contributed by atoms with van der Waals surface area (Å²) in [5, 5.41) is 10.2. The molecule has 0 spiro atoms. The normalized spacial score (nSPS) is 9.30. The zero-order valence-corrected chi connectivity index (χ0v) is 11.1. The van der Waals surface area contributed by atoms with Gasteiger partial charge in [-0.05, 0) is 32.0 Å². The maximum Gasteiger partial charge on any atom is 0.290 e. The molecule has 0 aliphatic heterocycles. The van der Waals surface area contributed by atoms with Gasteiger partial charge in [-0.2, -0.15) is 0 Å². The summed E-state index contributed by atoms with van der Waals surface area (Å²) in [6.07, 6.45) is 3.00. The number of rotatable bonds is 2. The average molecular weight is 274 g/mol. The van der Waals surface area contributed by atoms with Gasteiger partial charge in [0.05, 0.1) is 10.5 Å². The number of carbonyl (C=O) groups excluding carboxylic acids is 1. The molecule has 0 saturated heterocycles. The Bertz CT molecular complexity index is 611. The van der Waals surface area contributed by atoms with Crippen LogP contribution in [0.3, 0.4) is 0 Å². The molecule has 1 amide bonds. The highest BCUT2D eigenvalue weighted by Crippen LogP contribution is 2.12. The van der Waals surface area contributed by atoms with Gasteiger partial charge >= 0.3 is 0 Å². The molecule has 0 unspecified atom stereocenters. The molecule has 2 aromatic rings. The van der Waals surface area contributed by atoms with Gasteiger partial charge in [0.15, 0.2) is 0 Å². The van der Waals surface area contributed by atoms with E-state index < -0.39 is 10.8 Å². The molecule has 2 N–H and O–H groups in total. The molecule has 0 aliphatic carbocycles. The summed E-state index contributed by atoms with van der Waals surface area (Å²) in [4.78, 5) is 27.9. The predicted molar refractivity (Wildman–Crippen MR) is 73.1 cm³/mol. The van der Waals surface area contributed by atoms with Gasteiger partial charge in [0.25, 0.3) is 5.69 Å². The fourth-order valence-corrected chi connectivity index (χ4v) is 1.28. The first kappa shape index (κ1) is 15.2. The Labute approximate surface area is 115 Å². The van der Waals surface area contributed by atoms with Crippen LogP contribution in [0.1, 0.15) is 21.7 Å². The van der Waals surface area contributed by atoms with Crippen LogP contribution in [0.5, 0.6) is 0 Å². The number of aryl methyl sites for hydroxylation is 2. The Morgan fingerprint density at radius 3 is 2.35 bits per heavy atom. The summed E-state index contributed by atoms with van der Waals surface area (Å²) < 4.78 is 0. The zero-order chi connectivity index (χ0) is 15.1. The highest BCUT2D eigenvalue weighted by Gasteiger charge is 2.07. The van der Waals surface area contributed by atoms with Crippen LogP contribution in [0, 0.1) is 24.0 Å². The summed E-state index contributed by atoms with van der Waals surface area (Å²) in [5.41, 5.74) is 6.84. The third-order valence-corrected chi connectivity index (χ3v) is 2.37. The SMILES string of the molecule is Cc1ccc(C(N)=O)cn1.Cc1ncccc1[N+](=O)[O-]. The third-order valence-electron chi connectivity index (χ3n) is 2.37. The minimum absolute atomic E-state index is 0.0718. The molecular weight excluding hydrogens is 260 g/mol. The Morgan fingerprint density at radius 2 is 1.95 bits per heavy atom. The second-order valence-electron chi connectivity index (χ2n) is 3.92. The molecule has 0 fully saturated rings. The van der Waals surface area contributed by atoms with Crippen LogP contribution in [0.15, 0.2) is 36.7 Å². The first-order valence-corrected chi connectivity index (χ1v) is 5.70. The molecule has 0 radical (unpaired) electrons. The molecule has 104 valence electrons. The number of hydrogen-bond donors (Lipinski definition) is 1. The van der Waals surface area contributed by atoms with E-state index in [1.165, 1.54) is 18.5 Å². The van der Waals surface area contributed by atoms with Gasteiger partial charge in [0.2, 0.25) is 5.91 Å². The topological polar surface area (TPSA) is 112 Å². The minimum atomic E-state index is -0.442. The van der Waals surface area contributed by atoms with E-state index >= 15 is 0 Å². The molecule has 7 nitrogen and oxygen atoms in total. The molecule has 2 rings (SSSR count). The van der Waals surface area contributed by atoms with Gasteiger partial charge in [-0.3, -0.25) is 24.9 Å². The lowest BCUT2D eigenvalue weighted by Gasteiger charge is -1.93. The number of carbonyl (C=O) groups is 1. The number of nitro groups is 1. The van der Waals surface area contributed by atoms with E-state index in [1.807, 2.05) is 6.92 Å². The quantitative estimate of drug-likeness (QED) is 0.662. The van der Waals surface area contributed by atoms with Crippen LogP contribution in [-0.2, 0) is 0 Å². The van der Waals surface area contributed by atoms with Crippen molar-refractivity contribution < 1.29 is 9.72 Å². The van der Waals surface area contributed by atoms with Crippen molar-refractivity contribution in [2.45, 2.75) is 13.8 Å². The van der Waals surface area contributed by atoms with Gasteiger partial charge in [0, 0.05) is 24.2 Å². The fourth-order valence-electron chi connectivity index (χ4n) is 1.28. The second-order valence-corrected chi connectivity index (χ2v) is 3.92. The van der Waals surface area contributed by atoms with Gasteiger partial charge in [-0.1, -0.05) is 0 Å². The van der Waals surface area contributed by atoms with E-state index in [0.717, 1.165) is 5.69 Å². The van der Waals surface area contributed by atoms with E-state index in [0.29, 0.717) is 11.3 Å². The van der Waals surface area contributed by atoms with Crippen molar-refractivity contribution in [3.63, 3.8) is 0 Å². The lowest BCUT2D eigenvalue weighted by molar-refractivity contribution is -0.385. The van der Waals surface area contributed by atoms with Crippen LogP contribution >= 0.6 is 0 Å². The molecule has 2 aromatic heterocycles. The highest BCUT2D eigenvalue weighted by atomic mass is 16.6. The Hall–Kier alpha value is -2.83. The lowest BCUT2D eigenvalue weighted by Crippen LogP contribution is -2.10. The van der Waals surface area contributed by atoms with Crippen molar-refractivity contribution >= 4 is 11.6 Å². The molecule has 2 heterocycles. The van der Waals surface area contributed by atoms with Gasteiger partial charge in [-0.15, -0.1) is 0 Å². The highest BCUT2D eigenvalue weighted by molar-refractivity contribution is 5.92. The number of hydrogen-bond acceptors (Lipinski definition) is 5. The zero-order valence-electron chi connectivity index (χ0n) is 11.1. The largest absolute Gasteiger partial charge is 0.366 e. The number of nitrogens with two attached hydrogens (primary N) is 1. The number of amides is 1. The Morgan fingerprint density at radius 1 is 1.25 bits per heavy atom. The minimum Gasteiger partial charge on any atom is -0.366 e. The van der Waals surface area contributed by atoms with Crippen molar-refractivity contribution in [3.8, 4) is 0 Å². The lowest BCUT2D eigenvalue weighted by atomic mass is 10.2. The summed E-state index contributed by atoms with van der Waals surface area (Å²) in [6, 6.07) is 6.39. The van der Waals surface area contributed by atoms with Crippen LogP contribution in [0.4, 0.5) is 5.69 Å². The van der Waals surface area contributed by atoms with Crippen molar-refractivity contribution in [2.75, 3.05) is 0 Å². The number of aromatic nitrogens is 2. The molecular formula is C13H14N4O3. The summed E-state index contributed by atoms with van der Waals surface area (Å²) in [5.74, 6) is -0.438. The molecule has 0 saturated carbocycles. The molecule has 20 heavy (non-hydrogen) atoms. The van der Waals surface area contributed by atoms with Crippen molar-refractivity contribution in [2.24, 2.45) is 5.73 Å². The average Bonchev–Trinajstić information content (AvgIpc) is 2.40. The van der Waals surface area contributed by atoms with Crippen LogP contribution in [-0.4, -0.2) is 20.8 Å². The number of primary amides is 1. The van der Waals surface area contributed by atoms with Crippen LogP contribution in [0.2, 0.25) is 0 Å². The summed E-state index contributed by atoms with van der Waals surface area (Å²) >= 11 is 0. The molecule has 0 atom stereocenters. The first-order chi connectivity index (χ1) is 9.41. The smallest absolute Gasteiger partial charge is 0.290 e. The van der Waals surface area contributed by atoms with E-state index in [4.69, 9.17) is 5.73 Å². The summed E-state index contributed by atoms with van der Waals surface area (Å²) in [6.45, 7) is 3.46. The summed E-state index contributed by atoms with van der Waals surface area (Å²) in [7, 11) is 0. The second kappa shape index (κ2) is 6.93. The standard InChI is InChI=1S/C7H8N2O.C6H6N2O2/c1-5-2-3-6(4-9-5)7(8)10;1-5-6(8(9)10)3-2-4-7-5/h2-4H,1H3,(H2,8,10);2-4H,1H3. The third kappa shape index (κ3) is 4.45. The molecule has 7 heteroatoms. The van der Waals surface area contributed by atoms with E-state index in [-0.39, 0.29) is 5.69 Å². The first-order valence-electron chi connectivity index (χ1n) is 5.70. The molecule has 0 bridgehead atoms. The van der Waals surface area contributed by atoms with Crippen molar-refractivity contribution in [3.05, 3.63) is 63.7 Å². The van der Waals surface area contributed by atoms with Crippen LogP contribution < -0.4 is 5.73 Å². The number of nitrogens with zero attached hydrogens (tertiary/aromatic N) is 3. The molecule has 0 aromatic carbocycles. The molecule has 0 aliphatic rings. The van der Waals surface area contributed by atoms with E-state index in [1.54, 1.807) is 25.1 Å². The number of pyridine rings is 2. The van der Waals surface area contributed by atoms with Gasteiger partial charge < -0.3 is 5.73 Å².